The molecule has 6 heteroatoms. The molecule has 27 heavy (non-hydrogen) atoms. The molecular formula is C21H20N2O3S. The average Bonchev–Trinajstić information content (AvgIpc) is 3.01. The number of rotatable bonds is 5. The molecule has 0 aliphatic carbocycles. The quantitative estimate of drug-likeness (QED) is 0.660. The second-order valence-electron chi connectivity index (χ2n) is 6.28. The second-order valence-corrected chi connectivity index (χ2v) is 7.48. The van der Waals surface area contributed by atoms with Crippen LogP contribution in [0.25, 0.3) is 11.3 Å². The average molecular weight is 380 g/mol. The minimum absolute atomic E-state index is 0.350. The predicted octanol–water partition coefficient (Wildman–Crippen LogP) is 4.53. The van der Waals surface area contributed by atoms with Gasteiger partial charge in [-0.2, -0.15) is 0 Å². The first kappa shape index (κ1) is 18.8. The first-order valence-electron chi connectivity index (χ1n) is 8.50. The van der Waals surface area contributed by atoms with E-state index in [1.165, 1.54) is 11.3 Å². The summed E-state index contributed by atoms with van der Waals surface area (Å²) in [6.45, 7) is 5.40. The summed E-state index contributed by atoms with van der Waals surface area (Å²) in [5.41, 5.74) is 4.21. The van der Waals surface area contributed by atoms with Crippen LogP contribution >= 0.6 is 11.3 Å². The Morgan fingerprint density at radius 3 is 2.37 bits per heavy atom. The summed E-state index contributed by atoms with van der Waals surface area (Å²) in [7, 11) is 0. The molecule has 0 saturated carbocycles. The summed E-state index contributed by atoms with van der Waals surface area (Å²) in [5.74, 6) is -0.925. The van der Waals surface area contributed by atoms with Crippen molar-refractivity contribution in [2.75, 3.05) is 11.9 Å². The zero-order valence-corrected chi connectivity index (χ0v) is 16.2. The van der Waals surface area contributed by atoms with Crippen molar-refractivity contribution in [3.63, 3.8) is 0 Å². The van der Waals surface area contributed by atoms with Crippen LogP contribution in [0.1, 0.15) is 25.8 Å². The monoisotopic (exact) mass is 380 g/mol. The van der Waals surface area contributed by atoms with Crippen molar-refractivity contribution < 1.29 is 14.3 Å². The van der Waals surface area contributed by atoms with Crippen LogP contribution in [0.3, 0.4) is 0 Å². The number of esters is 1. The molecule has 0 bridgehead atoms. The third-order valence-electron chi connectivity index (χ3n) is 3.81. The van der Waals surface area contributed by atoms with E-state index in [4.69, 9.17) is 4.74 Å². The van der Waals surface area contributed by atoms with Gasteiger partial charge in [-0.05, 0) is 44.0 Å². The van der Waals surface area contributed by atoms with Crippen LogP contribution in [0, 0.1) is 20.8 Å². The highest BCUT2D eigenvalue weighted by atomic mass is 32.1. The zero-order valence-electron chi connectivity index (χ0n) is 15.4. The lowest BCUT2D eigenvalue weighted by Crippen LogP contribution is -2.21. The number of carbonyl (C=O) groups excluding carboxylic acids is 2. The highest BCUT2D eigenvalue weighted by Gasteiger charge is 2.20. The van der Waals surface area contributed by atoms with E-state index in [9.17, 15) is 9.59 Å². The lowest BCUT2D eigenvalue weighted by atomic mass is 10.1. The number of benzene rings is 2. The van der Waals surface area contributed by atoms with Crippen LogP contribution in [-0.4, -0.2) is 23.5 Å². The highest BCUT2D eigenvalue weighted by molar-refractivity contribution is 7.14. The molecule has 1 N–H and O–H groups in total. The first-order valence-corrected chi connectivity index (χ1v) is 9.32. The topological polar surface area (TPSA) is 68.3 Å². The standard InChI is InChI=1S/C21H20N2O3S/c1-13-9-14(2)11-17(10-13)23-18(24)12-26-21(25)20-19(22-15(3)27-20)16-7-5-4-6-8-16/h4-11H,12H2,1-3H3,(H,23,24). The van der Waals surface area contributed by atoms with E-state index in [2.05, 4.69) is 10.3 Å². The number of ether oxygens (including phenoxy) is 1. The van der Waals surface area contributed by atoms with E-state index in [-0.39, 0.29) is 12.5 Å². The van der Waals surface area contributed by atoms with Crippen molar-refractivity contribution in [3.05, 3.63) is 69.5 Å². The molecule has 0 saturated heterocycles. The van der Waals surface area contributed by atoms with Crippen molar-refractivity contribution in [2.45, 2.75) is 20.8 Å². The van der Waals surface area contributed by atoms with Crippen molar-refractivity contribution in [1.29, 1.82) is 0 Å². The van der Waals surface area contributed by atoms with Gasteiger partial charge >= 0.3 is 5.97 Å². The first-order chi connectivity index (χ1) is 12.9. The molecule has 138 valence electrons. The minimum atomic E-state index is -0.546. The Kier molecular flexibility index (Phi) is 5.66. The number of hydrogen-bond acceptors (Lipinski definition) is 5. The molecule has 0 fully saturated rings. The third-order valence-corrected chi connectivity index (χ3v) is 4.76. The van der Waals surface area contributed by atoms with Crippen LogP contribution < -0.4 is 5.32 Å². The molecule has 5 nitrogen and oxygen atoms in total. The van der Waals surface area contributed by atoms with Crippen LogP contribution in [0.5, 0.6) is 0 Å². The van der Waals surface area contributed by atoms with E-state index in [0.717, 1.165) is 21.7 Å². The van der Waals surface area contributed by atoms with Crippen LogP contribution in [0.2, 0.25) is 0 Å². The largest absolute Gasteiger partial charge is 0.451 e. The Labute approximate surface area is 162 Å². The number of nitrogens with zero attached hydrogens (tertiary/aromatic N) is 1. The fourth-order valence-electron chi connectivity index (χ4n) is 2.80. The summed E-state index contributed by atoms with van der Waals surface area (Å²) < 4.78 is 5.22. The van der Waals surface area contributed by atoms with Crippen molar-refractivity contribution in [2.24, 2.45) is 0 Å². The maximum absolute atomic E-state index is 12.5. The molecule has 3 aromatic rings. The summed E-state index contributed by atoms with van der Waals surface area (Å²) >= 11 is 1.26. The molecule has 0 aliphatic rings. The van der Waals surface area contributed by atoms with E-state index in [1.807, 2.05) is 69.3 Å². The van der Waals surface area contributed by atoms with Gasteiger partial charge in [-0.1, -0.05) is 36.4 Å². The Morgan fingerprint density at radius 1 is 1.04 bits per heavy atom. The summed E-state index contributed by atoms with van der Waals surface area (Å²) in [6.07, 6.45) is 0. The molecule has 3 rings (SSSR count). The van der Waals surface area contributed by atoms with Gasteiger partial charge in [0.05, 0.1) is 10.7 Å². The summed E-state index contributed by atoms with van der Waals surface area (Å²) in [4.78, 5) is 29.5. The fourth-order valence-corrected chi connectivity index (χ4v) is 3.63. The van der Waals surface area contributed by atoms with Gasteiger partial charge in [-0.25, -0.2) is 9.78 Å². The molecule has 1 aromatic heterocycles. The predicted molar refractivity (Wildman–Crippen MR) is 107 cm³/mol. The normalized spacial score (nSPS) is 10.5. The van der Waals surface area contributed by atoms with Gasteiger partial charge in [0.1, 0.15) is 4.88 Å². The summed E-state index contributed by atoms with van der Waals surface area (Å²) in [6, 6.07) is 15.2. The number of hydrogen-bond donors (Lipinski definition) is 1. The molecule has 0 spiro atoms. The molecular weight excluding hydrogens is 360 g/mol. The Balaban J connectivity index is 1.67. The van der Waals surface area contributed by atoms with Crippen LogP contribution in [0.4, 0.5) is 5.69 Å². The van der Waals surface area contributed by atoms with Crippen molar-refractivity contribution >= 4 is 28.9 Å². The maximum Gasteiger partial charge on any atom is 0.351 e. The molecule has 0 radical (unpaired) electrons. The zero-order chi connectivity index (χ0) is 19.4. The van der Waals surface area contributed by atoms with Gasteiger partial charge in [-0.15, -0.1) is 11.3 Å². The maximum atomic E-state index is 12.5. The lowest BCUT2D eigenvalue weighted by Gasteiger charge is -2.08. The molecule has 2 aromatic carbocycles. The SMILES string of the molecule is Cc1cc(C)cc(NC(=O)COC(=O)c2sc(C)nc2-c2ccccc2)c1. The number of nitrogens with one attached hydrogen (secondary N) is 1. The van der Waals surface area contributed by atoms with Crippen molar-refractivity contribution in [3.8, 4) is 11.3 Å². The number of aromatic nitrogens is 1. The van der Waals surface area contributed by atoms with E-state index in [1.54, 1.807) is 0 Å². The number of anilines is 1. The van der Waals surface area contributed by atoms with Gasteiger partial charge in [-0.3, -0.25) is 4.79 Å². The van der Waals surface area contributed by atoms with E-state index in [0.29, 0.717) is 16.3 Å². The van der Waals surface area contributed by atoms with Gasteiger partial charge in [0.15, 0.2) is 6.61 Å². The van der Waals surface area contributed by atoms with Gasteiger partial charge in [0.25, 0.3) is 5.91 Å². The van der Waals surface area contributed by atoms with Crippen molar-refractivity contribution in [1.82, 2.24) is 4.98 Å². The van der Waals surface area contributed by atoms with Crippen LogP contribution in [0.15, 0.2) is 48.5 Å². The van der Waals surface area contributed by atoms with E-state index >= 15 is 0 Å². The van der Waals surface area contributed by atoms with Gasteiger partial charge < -0.3 is 10.1 Å². The second kappa shape index (κ2) is 8.14. The Bertz CT molecular complexity index is 960. The molecule has 0 unspecified atom stereocenters. The fraction of sp³-hybridized carbons (Fsp3) is 0.190. The number of aryl methyl sites for hydroxylation is 3. The number of thiazole rings is 1. The number of amides is 1. The third kappa shape index (κ3) is 4.80. The van der Waals surface area contributed by atoms with Gasteiger partial charge in [0.2, 0.25) is 0 Å². The highest BCUT2D eigenvalue weighted by Crippen LogP contribution is 2.28. The Morgan fingerprint density at radius 2 is 1.70 bits per heavy atom. The summed E-state index contributed by atoms with van der Waals surface area (Å²) in [5, 5.41) is 3.52. The molecule has 0 aliphatic heterocycles. The minimum Gasteiger partial charge on any atom is -0.451 e. The van der Waals surface area contributed by atoms with E-state index < -0.39 is 5.97 Å². The molecule has 1 heterocycles. The smallest absolute Gasteiger partial charge is 0.351 e. The van der Waals surface area contributed by atoms with Crippen LogP contribution in [-0.2, 0) is 9.53 Å². The van der Waals surface area contributed by atoms with Gasteiger partial charge in [0, 0.05) is 11.3 Å². The Hall–Kier alpha value is -2.99. The molecule has 0 atom stereocenters. The molecule has 1 amide bonds. The lowest BCUT2D eigenvalue weighted by molar-refractivity contribution is -0.119. The number of carbonyl (C=O) groups is 2.